The Morgan fingerprint density at radius 2 is 1.97 bits per heavy atom. The predicted octanol–water partition coefficient (Wildman–Crippen LogP) is 4.14. The topological polar surface area (TPSA) is 140 Å². The molecule has 10 heteroatoms. The van der Waals surface area contributed by atoms with Gasteiger partial charge in [0.05, 0.1) is 13.5 Å². The minimum absolute atomic E-state index is 0.00230. The van der Waals surface area contributed by atoms with Crippen LogP contribution < -0.4 is 14.8 Å². The zero-order valence-corrected chi connectivity index (χ0v) is 22.2. The van der Waals surface area contributed by atoms with Crippen LogP contribution in [0.15, 0.2) is 28.8 Å². The van der Waals surface area contributed by atoms with Crippen molar-refractivity contribution >= 4 is 5.97 Å². The van der Waals surface area contributed by atoms with Gasteiger partial charge in [0.25, 0.3) is 5.89 Å². The molecular formula is C28H36N4O6. The van der Waals surface area contributed by atoms with Crippen LogP contribution in [0.3, 0.4) is 0 Å². The Labute approximate surface area is 222 Å². The van der Waals surface area contributed by atoms with E-state index in [4.69, 9.17) is 19.1 Å². The first kappa shape index (κ1) is 27.5. The van der Waals surface area contributed by atoms with Gasteiger partial charge < -0.3 is 29.5 Å². The number of benzene rings is 1. The summed E-state index contributed by atoms with van der Waals surface area (Å²) in [5.41, 5.74) is 4.46. The summed E-state index contributed by atoms with van der Waals surface area (Å²) < 4.78 is 17.1. The van der Waals surface area contributed by atoms with Gasteiger partial charge in [0.1, 0.15) is 18.5 Å². The predicted molar refractivity (Wildman–Crippen MR) is 141 cm³/mol. The standard InChI is InChI=1S/C28H36N4O6/c1-4-18-12-20(11-17(2)26(18)37-16-22(33)15-29-10-9-25(34)35)27-31-28(38-32-27)21-13-23(19-7-5-6-8-19)30-24(14-21)36-3/h11-14,19,22,29,33H,4-10,15-16H2,1-3H3,(H,34,35)/t22-/m0/s1. The number of nitrogens with zero attached hydrogens (tertiary/aromatic N) is 3. The number of hydrogen-bond donors (Lipinski definition) is 3. The summed E-state index contributed by atoms with van der Waals surface area (Å²) in [5, 5.41) is 26.1. The molecule has 2 aromatic heterocycles. The third kappa shape index (κ3) is 6.87. The average Bonchev–Trinajstić information content (AvgIpc) is 3.63. The van der Waals surface area contributed by atoms with E-state index in [1.54, 1.807) is 7.11 Å². The number of hydrogen-bond acceptors (Lipinski definition) is 9. The third-order valence-electron chi connectivity index (χ3n) is 6.78. The van der Waals surface area contributed by atoms with Crippen molar-refractivity contribution < 1.29 is 29.0 Å². The molecular weight excluding hydrogens is 488 g/mol. The van der Waals surface area contributed by atoms with Gasteiger partial charge in [-0.05, 0) is 55.5 Å². The van der Waals surface area contributed by atoms with Crippen molar-refractivity contribution in [1.82, 2.24) is 20.4 Å². The van der Waals surface area contributed by atoms with E-state index in [1.165, 1.54) is 12.8 Å². The molecule has 1 saturated carbocycles. The number of pyridine rings is 1. The molecule has 2 heterocycles. The average molecular weight is 525 g/mol. The molecule has 3 N–H and O–H groups in total. The van der Waals surface area contributed by atoms with Crippen molar-refractivity contribution in [2.24, 2.45) is 0 Å². The lowest BCUT2D eigenvalue weighted by Crippen LogP contribution is -2.32. The zero-order valence-electron chi connectivity index (χ0n) is 22.2. The SMILES string of the molecule is CCc1cc(-c2noc(-c3cc(OC)nc(C4CCCC4)c3)n2)cc(C)c1OC[C@@H](O)CNCCC(=O)O. The quantitative estimate of drug-likeness (QED) is 0.279. The summed E-state index contributed by atoms with van der Waals surface area (Å²) in [6.07, 6.45) is 4.63. The molecule has 3 aromatic rings. The fourth-order valence-electron chi connectivity index (χ4n) is 4.79. The maximum atomic E-state index is 10.6. The molecule has 38 heavy (non-hydrogen) atoms. The number of aliphatic carboxylic acids is 1. The molecule has 10 nitrogen and oxygen atoms in total. The smallest absolute Gasteiger partial charge is 0.304 e. The van der Waals surface area contributed by atoms with Crippen molar-refractivity contribution in [2.45, 2.75) is 64.4 Å². The minimum atomic E-state index is -0.880. The number of aromatic nitrogens is 3. The van der Waals surface area contributed by atoms with Gasteiger partial charge in [-0.15, -0.1) is 0 Å². The largest absolute Gasteiger partial charge is 0.490 e. The first-order valence-electron chi connectivity index (χ1n) is 13.1. The van der Waals surface area contributed by atoms with E-state index in [9.17, 15) is 9.90 Å². The second kappa shape index (κ2) is 12.8. The highest BCUT2D eigenvalue weighted by Gasteiger charge is 2.22. The fourth-order valence-corrected chi connectivity index (χ4v) is 4.79. The Morgan fingerprint density at radius 1 is 1.18 bits per heavy atom. The van der Waals surface area contributed by atoms with Crippen LogP contribution in [-0.2, 0) is 11.2 Å². The van der Waals surface area contributed by atoms with Gasteiger partial charge in [-0.2, -0.15) is 4.98 Å². The molecule has 0 aliphatic heterocycles. The molecule has 1 aliphatic carbocycles. The minimum Gasteiger partial charge on any atom is -0.490 e. The molecule has 1 aliphatic rings. The molecule has 1 aromatic carbocycles. The van der Waals surface area contributed by atoms with E-state index in [0.29, 0.717) is 42.2 Å². The molecule has 0 spiro atoms. The molecule has 0 bridgehead atoms. The number of rotatable bonds is 13. The van der Waals surface area contributed by atoms with Gasteiger partial charge in [-0.3, -0.25) is 4.79 Å². The Morgan fingerprint density at radius 3 is 2.68 bits per heavy atom. The van der Waals surface area contributed by atoms with E-state index in [1.807, 2.05) is 38.1 Å². The van der Waals surface area contributed by atoms with Crippen LogP contribution in [0.2, 0.25) is 0 Å². The molecule has 0 saturated heterocycles. The molecule has 1 atom stereocenters. The van der Waals surface area contributed by atoms with Gasteiger partial charge in [0.15, 0.2) is 0 Å². The van der Waals surface area contributed by atoms with E-state index < -0.39 is 12.1 Å². The monoisotopic (exact) mass is 524 g/mol. The summed E-state index contributed by atoms with van der Waals surface area (Å²) >= 11 is 0. The van der Waals surface area contributed by atoms with Crippen molar-refractivity contribution in [3.63, 3.8) is 0 Å². The van der Waals surface area contributed by atoms with Gasteiger partial charge in [0, 0.05) is 41.9 Å². The lowest BCUT2D eigenvalue weighted by molar-refractivity contribution is -0.136. The second-order valence-electron chi connectivity index (χ2n) is 9.68. The number of methoxy groups -OCH3 is 1. The molecule has 1 fully saturated rings. The van der Waals surface area contributed by atoms with Crippen LogP contribution >= 0.6 is 0 Å². The number of carbonyl (C=O) groups is 1. The summed E-state index contributed by atoms with van der Waals surface area (Å²) in [6, 6.07) is 7.76. The first-order chi connectivity index (χ1) is 18.4. The van der Waals surface area contributed by atoms with Crippen LogP contribution in [-0.4, -0.2) is 64.2 Å². The number of aliphatic hydroxyl groups excluding tert-OH is 1. The van der Waals surface area contributed by atoms with E-state index >= 15 is 0 Å². The Hall–Kier alpha value is -3.50. The van der Waals surface area contributed by atoms with E-state index in [0.717, 1.165) is 40.8 Å². The summed E-state index contributed by atoms with van der Waals surface area (Å²) in [5.74, 6) is 1.68. The second-order valence-corrected chi connectivity index (χ2v) is 9.68. The summed E-state index contributed by atoms with van der Waals surface area (Å²) in [7, 11) is 1.61. The summed E-state index contributed by atoms with van der Waals surface area (Å²) in [6.45, 7) is 4.61. The highest BCUT2D eigenvalue weighted by Crippen LogP contribution is 2.36. The van der Waals surface area contributed by atoms with Crippen LogP contribution in [0.5, 0.6) is 11.6 Å². The molecule has 0 amide bonds. The Balaban J connectivity index is 1.49. The molecule has 0 unspecified atom stereocenters. The van der Waals surface area contributed by atoms with Crippen molar-refractivity contribution in [3.8, 4) is 34.5 Å². The number of carboxylic acid groups (broad SMARTS) is 1. The number of carboxylic acids is 1. The molecule has 4 rings (SSSR count). The van der Waals surface area contributed by atoms with Crippen LogP contribution in [0.25, 0.3) is 22.8 Å². The highest BCUT2D eigenvalue weighted by atomic mass is 16.5. The van der Waals surface area contributed by atoms with Gasteiger partial charge in [0.2, 0.25) is 11.7 Å². The van der Waals surface area contributed by atoms with Gasteiger partial charge in [-0.25, -0.2) is 4.98 Å². The van der Waals surface area contributed by atoms with Gasteiger partial charge in [-0.1, -0.05) is 24.9 Å². The van der Waals surface area contributed by atoms with Crippen molar-refractivity contribution in [2.75, 3.05) is 26.8 Å². The highest BCUT2D eigenvalue weighted by molar-refractivity contribution is 5.67. The number of ether oxygens (including phenoxy) is 2. The zero-order chi connectivity index (χ0) is 27.1. The van der Waals surface area contributed by atoms with Crippen LogP contribution in [0, 0.1) is 6.92 Å². The Bertz CT molecular complexity index is 1240. The molecule has 204 valence electrons. The lowest BCUT2D eigenvalue weighted by Gasteiger charge is -2.17. The normalized spacial score (nSPS) is 14.5. The molecule has 0 radical (unpaired) electrons. The summed E-state index contributed by atoms with van der Waals surface area (Å²) in [4.78, 5) is 19.9. The Kier molecular flexibility index (Phi) is 9.30. The third-order valence-corrected chi connectivity index (χ3v) is 6.78. The van der Waals surface area contributed by atoms with Crippen molar-refractivity contribution in [1.29, 1.82) is 0 Å². The maximum absolute atomic E-state index is 10.6. The number of nitrogens with one attached hydrogen (secondary N) is 1. The van der Waals surface area contributed by atoms with Gasteiger partial charge >= 0.3 is 5.97 Å². The van der Waals surface area contributed by atoms with Crippen LogP contribution in [0.4, 0.5) is 0 Å². The van der Waals surface area contributed by atoms with E-state index in [-0.39, 0.29) is 19.6 Å². The number of aliphatic hydroxyl groups is 1. The first-order valence-corrected chi connectivity index (χ1v) is 13.1. The maximum Gasteiger partial charge on any atom is 0.304 e. The van der Waals surface area contributed by atoms with Crippen LogP contribution in [0.1, 0.15) is 61.8 Å². The lowest BCUT2D eigenvalue weighted by atomic mass is 10.0. The van der Waals surface area contributed by atoms with E-state index in [2.05, 4.69) is 20.4 Å². The number of aryl methyl sites for hydroxylation is 2. The van der Waals surface area contributed by atoms with Crippen molar-refractivity contribution in [3.05, 3.63) is 41.1 Å². The fraction of sp³-hybridized carbons (Fsp3) is 0.500.